The Morgan fingerprint density at radius 2 is 1.89 bits per heavy atom. The zero-order valence-electron chi connectivity index (χ0n) is 9.98. The number of hydrogen-bond acceptors (Lipinski definition) is 4. The highest BCUT2D eigenvalue weighted by Gasteiger charge is 2.31. The first-order valence-electron chi connectivity index (χ1n) is 5.40. The molecule has 2 heterocycles. The van der Waals surface area contributed by atoms with E-state index in [9.17, 15) is 13.2 Å². The molecule has 2 aromatic rings. The zero-order valence-corrected chi connectivity index (χ0v) is 9.98. The van der Waals surface area contributed by atoms with Gasteiger partial charge in [-0.25, -0.2) is 0 Å². The number of alkyl halides is 3. The number of pyridine rings is 1. The van der Waals surface area contributed by atoms with Gasteiger partial charge in [0.05, 0.1) is 5.69 Å². The van der Waals surface area contributed by atoms with E-state index in [-0.39, 0.29) is 6.61 Å². The van der Waals surface area contributed by atoms with Gasteiger partial charge in [-0.05, 0) is 19.1 Å². The summed E-state index contributed by atoms with van der Waals surface area (Å²) in [4.78, 5) is 3.34. The summed E-state index contributed by atoms with van der Waals surface area (Å²) < 4.78 is 42.2. The molecule has 0 saturated carbocycles. The Kier molecular flexibility index (Phi) is 3.64. The first kappa shape index (κ1) is 13.3. The highest BCUT2D eigenvalue weighted by atomic mass is 19.4. The molecule has 4 nitrogen and oxygen atoms in total. The molecule has 0 aliphatic heterocycles. The summed E-state index contributed by atoms with van der Waals surface area (Å²) >= 11 is 0. The van der Waals surface area contributed by atoms with Crippen LogP contribution in [-0.2, 0) is 12.8 Å². The van der Waals surface area contributed by atoms with Crippen LogP contribution in [0.2, 0.25) is 0 Å². The van der Waals surface area contributed by atoms with Gasteiger partial charge in [0.1, 0.15) is 12.3 Å². The van der Waals surface area contributed by atoms with Gasteiger partial charge >= 0.3 is 6.18 Å². The van der Waals surface area contributed by atoms with Gasteiger partial charge in [0.2, 0.25) is 5.88 Å². The molecule has 0 spiro atoms. The summed E-state index contributed by atoms with van der Waals surface area (Å²) in [6.45, 7) is 1.87. The third-order valence-electron chi connectivity index (χ3n) is 2.28. The minimum atomic E-state index is -4.43. The van der Waals surface area contributed by atoms with Gasteiger partial charge in [-0.3, -0.25) is 4.98 Å². The van der Waals surface area contributed by atoms with Crippen molar-refractivity contribution in [2.45, 2.75) is 19.7 Å². The smallest absolute Gasteiger partial charge is 0.433 e. The van der Waals surface area contributed by atoms with Crippen molar-refractivity contribution in [2.75, 3.05) is 0 Å². The van der Waals surface area contributed by atoms with E-state index in [4.69, 9.17) is 4.74 Å². The monoisotopic (exact) mass is 269 g/mol. The van der Waals surface area contributed by atoms with Gasteiger partial charge < -0.3 is 4.74 Å². The third kappa shape index (κ3) is 3.64. The summed E-state index contributed by atoms with van der Waals surface area (Å²) in [6, 6.07) is 5.60. The third-order valence-corrected chi connectivity index (χ3v) is 2.28. The summed E-state index contributed by atoms with van der Waals surface area (Å²) in [5, 5.41) is 7.58. The van der Waals surface area contributed by atoms with Crippen molar-refractivity contribution in [3.8, 4) is 5.88 Å². The Morgan fingerprint density at radius 3 is 2.42 bits per heavy atom. The number of aryl methyl sites for hydroxylation is 1. The maximum absolute atomic E-state index is 12.3. The fourth-order valence-corrected chi connectivity index (χ4v) is 1.30. The molecule has 0 fully saturated rings. The van der Waals surface area contributed by atoms with Crippen LogP contribution in [0.3, 0.4) is 0 Å². The van der Waals surface area contributed by atoms with Crippen LogP contribution in [0.15, 0.2) is 30.5 Å². The van der Waals surface area contributed by atoms with Crippen molar-refractivity contribution in [3.05, 3.63) is 47.4 Å². The average molecular weight is 269 g/mol. The SMILES string of the molecule is Cc1ccc(OCc2ccc(C(F)(F)F)nc2)nn1. The molecule has 0 amide bonds. The Morgan fingerprint density at radius 1 is 1.11 bits per heavy atom. The first-order chi connectivity index (χ1) is 8.95. The second-order valence-corrected chi connectivity index (χ2v) is 3.85. The maximum Gasteiger partial charge on any atom is 0.433 e. The maximum atomic E-state index is 12.3. The predicted molar refractivity (Wildman–Crippen MR) is 60.3 cm³/mol. The molecule has 0 N–H and O–H groups in total. The molecule has 19 heavy (non-hydrogen) atoms. The van der Waals surface area contributed by atoms with E-state index < -0.39 is 11.9 Å². The minimum absolute atomic E-state index is 0.0862. The molecule has 100 valence electrons. The average Bonchev–Trinajstić information content (AvgIpc) is 2.37. The molecule has 0 unspecified atom stereocenters. The van der Waals surface area contributed by atoms with E-state index in [2.05, 4.69) is 15.2 Å². The number of aromatic nitrogens is 3. The van der Waals surface area contributed by atoms with E-state index in [1.165, 1.54) is 6.07 Å². The van der Waals surface area contributed by atoms with Crippen molar-refractivity contribution >= 4 is 0 Å². The molecule has 2 rings (SSSR count). The molecule has 7 heteroatoms. The lowest BCUT2D eigenvalue weighted by Crippen LogP contribution is -2.08. The van der Waals surface area contributed by atoms with Crippen molar-refractivity contribution in [2.24, 2.45) is 0 Å². The standard InChI is InChI=1S/C12H10F3N3O/c1-8-2-5-11(18-17-8)19-7-9-3-4-10(16-6-9)12(13,14)15/h2-6H,7H2,1H3. The molecule has 0 atom stereocenters. The van der Waals surface area contributed by atoms with Crippen molar-refractivity contribution in [1.82, 2.24) is 15.2 Å². The van der Waals surface area contributed by atoms with Crippen molar-refractivity contribution in [3.63, 3.8) is 0 Å². The molecular weight excluding hydrogens is 259 g/mol. The van der Waals surface area contributed by atoms with Gasteiger partial charge in [-0.15, -0.1) is 5.10 Å². The largest absolute Gasteiger partial charge is 0.472 e. The number of ether oxygens (including phenoxy) is 1. The Bertz CT molecular complexity index is 538. The quantitative estimate of drug-likeness (QED) is 0.859. The second-order valence-electron chi connectivity index (χ2n) is 3.85. The van der Waals surface area contributed by atoms with Crippen LogP contribution in [0.25, 0.3) is 0 Å². The lowest BCUT2D eigenvalue weighted by Gasteiger charge is -2.07. The number of nitrogens with zero attached hydrogens (tertiary/aromatic N) is 3. The van der Waals surface area contributed by atoms with Crippen LogP contribution in [0.5, 0.6) is 5.88 Å². The van der Waals surface area contributed by atoms with E-state index in [0.29, 0.717) is 11.4 Å². The molecule has 0 aliphatic rings. The molecule has 2 aromatic heterocycles. The van der Waals surface area contributed by atoms with Gasteiger partial charge in [0, 0.05) is 17.8 Å². The van der Waals surface area contributed by atoms with E-state index >= 15 is 0 Å². The molecular formula is C12H10F3N3O. The Balaban J connectivity index is 1.98. The number of hydrogen-bond donors (Lipinski definition) is 0. The molecule has 0 saturated heterocycles. The summed E-state index contributed by atoms with van der Waals surface area (Å²) in [6.07, 6.45) is -3.30. The fourth-order valence-electron chi connectivity index (χ4n) is 1.30. The van der Waals surface area contributed by atoms with Crippen LogP contribution < -0.4 is 4.74 Å². The Hall–Kier alpha value is -2.18. The summed E-state index contributed by atoms with van der Waals surface area (Å²) in [5.41, 5.74) is 0.352. The highest BCUT2D eigenvalue weighted by Crippen LogP contribution is 2.27. The lowest BCUT2D eigenvalue weighted by molar-refractivity contribution is -0.141. The van der Waals surface area contributed by atoms with Crippen molar-refractivity contribution in [1.29, 1.82) is 0 Å². The number of halogens is 3. The van der Waals surface area contributed by atoms with E-state index in [1.807, 2.05) is 0 Å². The van der Waals surface area contributed by atoms with Crippen LogP contribution in [0.4, 0.5) is 13.2 Å². The van der Waals surface area contributed by atoms with Crippen LogP contribution in [-0.4, -0.2) is 15.2 Å². The number of rotatable bonds is 3. The topological polar surface area (TPSA) is 47.9 Å². The fraction of sp³-hybridized carbons (Fsp3) is 0.250. The molecule has 0 aliphatic carbocycles. The van der Waals surface area contributed by atoms with Crippen LogP contribution in [0, 0.1) is 6.92 Å². The normalized spacial score (nSPS) is 11.4. The molecule has 0 radical (unpaired) electrons. The van der Waals surface area contributed by atoms with E-state index in [1.54, 1.807) is 19.1 Å². The van der Waals surface area contributed by atoms with Gasteiger partial charge in [-0.2, -0.15) is 18.3 Å². The summed E-state index contributed by atoms with van der Waals surface area (Å²) in [7, 11) is 0. The first-order valence-corrected chi connectivity index (χ1v) is 5.40. The molecule has 0 aromatic carbocycles. The zero-order chi connectivity index (χ0) is 13.9. The van der Waals surface area contributed by atoms with Crippen LogP contribution in [0.1, 0.15) is 17.0 Å². The summed E-state index contributed by atoms with van der Waals surface area (Å²) in [5.74, 6) is 0.311. The highest BCUT2D eigenvalue weighted by molar-refractivity contribution is 5.16. The van der Waals surface area contributed by atoms with E-state index in [0.717, 1.165) is 18.0 Å². The second kappa shape index (κ2) is 5.21. The minimum Gasteiger partial charge on any atom is -0.472 e. The Labute approximate surface area is 107 Å². The lowest BCUT2D eigenvalue weighted by atomic mass is 10.2. The van der Waals surface area contributed by atoms with Gasteiger partial charge in [0.15, 0.2) is 0 Å². The van der Waals surface area contributed by atoms with Gasteiger partial charge in [-0.1, -0.05) is 6.07 Å². The van der Waals surface area contributed by atoms with Gasteiger partial charge in [0.25, 0.3) is 0 Å². The molecule has 0 bridgehead atoms. The predicted octanol–water partition coefficient (Wildman–Crippen LogP) is 2.78. The van der Waals surface area contributed by atoms with Crippen LogP contribution >= 0.6 is 0 Å². The van der Waals surface area contributed by atoms with Crippen molar-refractivity contribution < 1.29 is 17.9 Å².